The molecule has 2 rings (SSSR count). The van der Waals surface area contributed by atoms with Crippen LogP contribution in [0.2, 0.25) is 0 Å². The molecule has 1 aromatic carbocycles. The molecule has 0 bridgehead atoms. The summed E-state index contributed by atoms with van der Waals surface area (Å²) in [6, 6.07) is 9.42. The average molecular weight is 351 g/mol. The summed E-state index contributed by atoms with van der Waals surface area (Å²) in [5.41, 5.74) is -0.0509. The van der Waals surface area contributed by atoms with Crippen LogP contribution in [0.4, 0.5) is 0 Å². The Morgan fingerprint density at radius 3 is 2.05 bits per heavy atom. The predicted octanol–water partition coefficient (Wildman–Crippen LogP) is 2.18. The van der Waals surface area contributed by atoms with Gasteiger partial charge in [0.15, 0.2) is 5.41 Å². The first-order chi connectivity index (χ1) is 8.56. The molecule has 0 radical (unpaired) electrons. The standard InChI is InChI=1S/C14H12O4.Pd/c15-12(16)14(13(17)18)8-6-11(7-9-14)10-4-2-1-3-5-10;/h1-8H,9H2,(H,15,16)(H,17,18);. The van der Waals surface area contributed by atoms with Crippen molar-refractivity contribution in [3.05, 3.63) is 54.1 Å². The molecule has 102 valence electrons. The Bertz CT molecular complexity index is 532. The second-order valence-corrected chi connectivity index (χ2v) is 4.14. The van der Waals surface area contributed by atoms with Crippen LogP contribution in [-0.4, -0.2) is 22.2 Å². The van der Waals surface area contributed by atoms with Gasteiger partial charge in [-0.05, 0) is 17.6 Å². The minimum atomic E-state index is -1.84. The minimum Gasteiger partial charge on any atom is -0.480 e. The van der Waals surface area contributed by atoms with Gasteiger partial charge in [-0.3, -0.25) is 9.59 Å². The van der Waals surface area contributed by atoms with Crippen LogP contribution in [-0.2, 0) is 30.0 Å². The fraction of sp³-hybridized carbons (Fsp3) is 0.143. The third-order valence-corrected chi connectivity index (χ3v) is 3.06. The van der Waals surface area contributed by atoms with Gasteiger partial charge in [0.1, 0.15) is 0 Å². The molecule has 0 unspecified atom stereocenters. The zero-order valence-corrected chi connectivity index (χ0v) is 11.4. The number of carboxylic acid groups (broad SMARTS) is 2. The largest absolute Gasteiger partial charge is 0.480 e. The van der Waals surface area contributed by atoms with E-state index < -0.39 is 17.4 Å². The molecule has 0 aromatic heterocycles. The van der Waals surface area contributed by atoms with Crippen LogP contribution in [0.15, 0.2) is 48.6 Å². The van der Waals surface area contributed by atoms with E-state index in [1.54, 1.807) is 12.2 Å². The smallest absolute Gasteiger partial charge is 0.325 e. The Kier molecular flexibility index (Phi) is 4.82. The van der Waals surface area contributed by atoms with Gasteiger partial charge in [0.2, 0.25) is 0 Å². The average Bonchev–Trinajstić information content (AvgIpc) is 2.39. The number of aliphatic carboxylic acids is 2. The van der Waals surface area contributed by atoms with Gasteiger partial charge in [0.25, 0.3) is 0 Å². The molecule has 4 nitrogen and oxygen atoms in total. The van der Waals surface area contributed by atoms with E-state index in [4.69, 9.17) is 10.2 Å². The summed E-state index contributed by atoms with van der Waals surface area (Å²) in [5, 5.41) is 18.1. The molecule has 1 aliphatic rings. The Morgan fingerprint density at radius 2 is 1.63 bits per heavy atom. The van der Waals surface area contributed by atoms with E-state index in [1.165, 1.54) is 6.08 Å². The fourth-order valence-corrected chi connectivity index (χ4v) is 1.89. The zero-order chi connectivity index (χ0) is 13.2. The Labute approximate surface area is 124 Å². The van der Waals surface area contributed by atoms with Crippen molar-refractivity contribution in [1.82, 2.24) is 0 Å². The molecule has 19 heavy (non-hydrogen) atoms. The van der Waals surface area contributed by atoms with Gasteiger partial charge in [0, 0.05) is 20.4 Å². The molecular formula is C14H12O4Pd. The second-order valence-electron chi connectivity index (χ2n) is 4.14. The number of carbonyl (C=O) groups is 2. The number of hydrogen-bond donors (Lipinski definition) is 2. The molecule has 0 spiro atoms. The van der Waals surface area contributed by atoms with Gasteiger partial charge >= 0.3 is 11.9 Å². The normalized spacial score (nSPS) is 16.1. The Morgan fingerprint density at radius 1 is 1.05 bits per heavy atom. The van der Waals surface area contributed by atoms with Crippen LogP contribution >= 0.6 is 0 Å². The van der Waals surface area contributed by atoms with Crippen LogP contribution in [0, 0.1) is 5.41 Å². The van der Waals surface area contributed by atoms with Crippen molar-refractivity contribution in [3.63, 3.8) is 0 Å². The Balaban J connectivity index is 0.00000180. The first-order valence-electron chi connectivity index (χ1n) is 5.48. The van der Waals surface area contributed by atoms with E-state index >= 15 is 0 Å². The van der Waals surface area contributed by atoms with Crippen molar-refractivity contribution >= 4 is 17.5 Å². The summed E-state index contributed by atoms with van der Waals surface area (Å²) in [5.74, 6) is -2.68. The molecular weight excluding hydrogens is 339 g/mol. The van der Waals surface area contributed by atoms with E-state index in [2.05, 4.69) is 0 Å². The van der Waals surface area contributed by atoms with Crippen molar-refractivity contribution in [2.75, 3.05) is 0 Å². The first kappa shape index (κ1) is 15.4. The van der Waals surface area contributed by atoms with Crippen LogP contribution in [0.1, 0.15) is 12.0 Å². The van der Waals surface area contributed by atoms with Crippen molar-refractivity contribution in [2.24, 2.45) is 5.41 Å². The molecule has 0 saturated carbocycles. The molecule has 0 heterocycles. The molecule has 2 N–H and O–H groups in total. The van der Waals surface area contributed by atoms with Gasteiger partial charge < -0.3 is 10.2 Å². The van der Waals surface area contributed by atoms with Crippen LogP contribution in [0.5, 0.6) is 0 Å². The third kappa shape index (κ3) is 2.83. The summed E-state index contributed by atoms with van der Waals surface area (Å²) in [7, 11) is 0. The molecule has 1 aliphatic carbocycles. The predicted molar refractivity (Wildman–Crippen MR) is 65.9 cm³/mol. The van der Waals surface area contributed by atoms with E-state index in [9.17, 15) is 9.59 Å². The van der Waals surface area contributed by atoms with Gasteiger partial charge in [-0.1, -0.05) is 48.6 Å². The van der Waals surface area contributed by atoms with Crippen molar-refractivity contribution in [2.45, 2.75) is 6.42 Å². The molecule has 0 fully saturated rings. The van der Waals surface area contributed by atoms with Crippen LogP contribution in [0.3, 0.4) is 0 Å². The number of benzene rings is 1. The number of hydrogen-bond acceptors (Lipinski definition) is 2. The van der Waals surface area contributed by atoms with Crippen molar-refractivity contribution in [1.29, 1.82) is 0 Å². The number of rotatable bonds is 3. The van der Waals surface area contributed by atoms with Gasteiger partial charge in [-0.25, -0.2) is 0 Å². The first-order valence-corrected chi connectivity index (χ1v) is 5.48. The third-order valence-electron chi connectivity index (χ3n) is 3.06. The summed E-state index contributed by atoms with van der Waals surface area (Å²) >= 11 is 0. The van der Waals surface area contributed by atoms with Crippen molar-refractivity contribution in [3.8, 4) is 0 Å². The van der Waals surface area contributed by atoms with E-state index in [0.29, 0.717) is 0 Å². The minimum absolute atomic E-state index is 0. The van der Waals surface area contributed by atoms with E-state index in [0.717, 1.165) is 11.1 Å². The quantitative estimate of drug-likeness (QED) is 0.647. The monoisotopic (exact) mass is 350 g/mol. The number of carboxylic acids is 2. The maximum atomic E-state index is 11.1. The fourth-order valence-electron chi connectivity index (χ4n) is 1.89. The van der Waals surface area contributed by atoms with Gasteiger partial charge in [-0.2, -0.15) is 0 Å². The SMILES string of the molecule is O=C(O)C1(C(=O)O)C=CC(c2ccccc2)=CC1.[Pd]. The van der Waals surface area contributed by atoms with E-state index in [1.807, 2.05) is 30.3 Å². The number of allylic oxidation sites excluding steroid dienone is 3. The Hall–Kier alpha value is -1.70. The molecule has 5 heteroatoms. The summed E-state index contributed by atoms with van der Waals surface area (Å²) in [4.78, 5) is 22.2. The van der Waals surface area contributed by atoms with Gasteiger partial charge in [-0.15, -0.1) is 0 Å². The molecule has 0 aliphatic heterocycles. The van der Waals surface area contributed by atoms with Crippen LogP contribution < -0.4 is 0 Å². The summed E-state index contributed by atoms with van der Waals surface area (Å²) in [6.45, 7) is 0. The molecule has 0 atom stereocenters. The van der Waals surface area contributed by atoms with E-state index in [-0.39, 0.29) is 26.8 Å². The van der Waals surface area contributed by atoms with Gasteiger partial charge in [0.05, 0.1) is 0 Å². The molecule has 1 aromatic rings. The van der Waals surface area contributed by atoms with Crippen LogP contribution in [0.25, 0.3) is 5.57 Å². The summed E-state index contributed by atoms with van der Waals surface area (Å²) in [6.07, 6.45) is 4.41. The van der Waals surface area contributed by atoms with Crippen molar-refractivity contribution < 1.29 is 40.2 Å². The zero-order valence-electron chi connectivity index (χ0n) is 9.85. The maximum Gasteiger partial charge on any atom is 0.325 e. The topological polar surface area (TPSA) is 74.6 Å². The summed E-state index contributed by atoms with van der Waals surface area (Å²) < 4.78 is 0. The maximum absolute atomic E-state index is 11.1. The second kappa shape index (κ2) is 5.96. The molecule has 0 saturated heterocycles. The molecule has 0 amide bonds.